The molecule has 2 heteroatoms. The molecule has 76 valence electrons. The van der Waals surface area contributed by atoms with E-state index in [1.807, 2.05) is 0 Å². The summed E-state index contributed by atoms with van der Waals surface area (Å²) >= 11 is 0. The Balaban J connectivity index is 1.88. The third kappa shape index (κ3) is 2.05. The summed E-state index contributed by atoms with van der Waals surface area (Å²) in [6.07, 6.45) is 7.22. The molecule has 0 bridgehead atoms. The van der Waals surface area contributed by atoms with Crippen LogP contribution in [0.1, 0.15) is 32.1 Å². The number of rotatable bonds is 3. The van der Waals surface area contributed by atoms with Crippen molar-refractivity contribution in [1.29, 1.82) is 0 Å². The SMILES string of the molecule is CNCC1CCCC1N1CCCC1. The fourth-order valence-electron chi connectivity index (χ4n) is 3.07. The van der Waals surface area contributed by atoms with Crippen LogP contribution in [0, 0.1) is 5.92 Å². The first-order valence-corrected chi connectivity index (χ1v) is 5.80. The predicted molar refractivity (Wildman–Crippen MR) is 55.9 cm³/mol. The molecule has 0 radical (unpaired) electrons. The van der Waals surface area contributed by atoms with Crippen molar-refractivity contribution < 1.29 is 0 Å². The summed E-state index contributed by atoms with van der Waals surface area (Å²) in [5.41, 5.74) is 0. The average Bonchev–Trinajstić information content (AvgIpc) is 2.71. The minimum atomic E-state index is 0.912. The van der Waals surface area contributed by atoms with Gasteiger partial charge in [0.05, 0.1) is 0 Å². The fraction of sp³-hybridized carbons (Fsp3) is 1.00. The number of hydrogen-bond acceptors (Lipinski definition) is 2. The maximum atomic E-state index is 3.34. The lowest BCUT2D eigenvalue weighted by Crippen LogP contribution is -2.38. The molecular formula is C11H22N2. The summed E-state index contributed by atoms with van der Waals surface area (Å²) in [6, 6.07) is 0.912. The molecule has 2 nitrogen and oxygen atoms in total. The molecule has 0 aromatic carbocycles. The van der Waals surface area contributed by atoms with Crippen LogP contribution in [0.4, 0.5) is 0 Å². The van der Waals surface area contributed by atoms with E-state index in [2.05, 4.69) is 17.3 Å². The van der Waals surface area contributed by atoms with E-state index in [-0.39, 0.29) is 0 Å². The summed E-state index contributed by atoms with van der Waals surface area (Å²) < 4.78 is 0. The minimum absolute atomic E-state index is 0.912. The first kappa shape index (κ1) is 9.47. The highest BCUT2D eigenvalue weighted by Crippen LogP contribution is 2.31. The smallest absolute Gasteiger partial charge is 0.0136 e. The van der Waals surface area contributed by atoms with Crippen LogP contribution in [0.3, 0.4) is 0 Å². The second-order valence-corrected chi connectivity index (χ2v) is 4.56. The van der Waals surface area contributed by atoms with Gasteiger partial charge in [0.15, 0.2) is 0 Å². The zero-order valence-corrected chi connectivity index (χ0v) is 8.76. The van der Waals surface area contributed by atoms with Crippen LogP contribution in [0.5, 0.6) is 0 Å². The van der Waals surface area contributed by atoms with Crippen molar-refractivity contribution in [3.8, 4) is 0 Å². The van der Waals surface area contributed by atoms with E-state index < -0.39 is 0 Å². The molecule has 1 N–H and O–H groups in total. The van der Waals surface area contributed by atoms with Gasteiger partial charge >= 0.3 is 0 Å². The molecule has 0 aromatic heterocycles. The molecule has 0 aromatic rings. The lowest BCUT2D eigenvalue weighted by atomic mass is 10.0. The Kier molecular flexibility index (Phi) is 3.23. The first-order valence-electron chi connectivity index (χ1n) is 5.80. The molecule has 2 aliphatic rings. The van der Waals surface area contributed by atoms with Gasteiger partial charge in [-0.25, -0.2) is 0 Å². The predicted octanol–water partition coefficient (Wildman–Crippen LogP) is 1.47. The van der Waals surface area contributed by atoms with E-state index in [4.69, 9.17) is 0 Å². The molecule has 0 amide bonds. The highest BCUT2D eigenvalue weighted by atomic mass is 15.2. The zero-order chi connectivity index (χ0) is 9.10. The Hall–Kier alpha value is -0.0800. The van der Waals surface area contributed by atoms with Gasteiger partial charge in [-0.15, -0.1) is 0 Å². The second-order valence-electron chi connectivity index (χ2n) is 4.56. The van der Waals surface area contributed by atoms with Crippen LogP contribution < -0.4 is 5.32 Å². The quantitative estimate of drug-likeness (QED) is 0.711. The van der Waals surface area contributed by atoms with E-state index in [0.717, 1.165) is 12.0 Å². The molecule has 2 rings (SSSR count). The van der Waals surface area contributed by atoms with Gasteiger partial charge in [0.1, 0.15) is 0 Å². The maximum absolute atomic E-state index is 3.34. The van der Waals surface area contributed by atoms with Gasteiger partial charge in [0.25, 0.3) is 0 Å². The fourth-order valence-corrected chi connectivity index (χ4v) is 3.07. The Bertz CT molecular complexity index is 152. The van der Waals surface area contributed by atoms with Crippen LogP contribution in [-0.4, -0.2) is 37.6 Å². The summed E-state index contributed by atoms with van der Waals surface area (Å²) in [5, 5.41) is 3.34. The highest BCUT2D eigenvalue weighted by molar-refractivity contribution is 4.88. The molecule has 2 unspecified atom stereocenters. The van der Waals surface area contributed by atoms with Gasteiger partial charge < -0.3 is 10.2 Å². The van der Waals surface area contributed by atoms with E-state index in [9.17, 15) is 0 Å². The molecule has 1 heterocycles. The van der Waals surface area contributed by atoms with Crippen molar-refractivity contribution in [2.24, 2.45) is 5.92 Å². The van der Waals surface area contributed by atoms with Crippen molar-refractivity contribution in [2.75, 3.05) is 26.7 Å². The topological polar surface area (TPSA) is 15.3 Å². The van der Waals surface area contributed by atoms with Gasteiger partial charge in [-0.1, -0.05) is 6.42 Å². The number of likely N-dealkylation sites (tertiary alicyclic amines) is 1. The van der Waals surface area contributed by atoms with Crippen molar-refractivity contribution in [2.45, 2.75) is 38.1 Å². The van der Waals surface area contributed by atoms with E-state index in [1.54, 1.807) is 0 Å². The summed E-state index contributed by atoms with van der Waals surface area (Å²) in [4.78, 5) is 2.73. The Morgan fingerprint density at radius 3 is 2.62 bits per heavy atom. The normalized spacial score (nSPS) is 35.8. The molecule has 1 aliphatic heterocycles. The summed E-state index contributed by atoms with van der Waals surface area (Å²) in [7, 11) is 2.08. The van der Waals surface area contributed by atoms with Gasteiger partial charge in [0, 0.05) is 6.04 Å². The average molecular weight is 182 g/mol. The minimum Gasteiger partial charge on any atom is -0.319 e. The van der Waals surface area contributed by atoms with Crippen molar-refractivity contribution in [3.63, 3.8) is 0 Å². The van der Waals surface area contributed by atoms with E-state index in [1.165, 1.54) is 51.7 Å². The van der Waals surface area contributed by atoms with Crippen molar-refractivity contribution in [1.82, 2.24) is 10.2 Å². The van der Waals surface area contributed by atoms with Crippen LogP contribution in [0.25, 0.3) is 0 Å². The van der Waals surface area contributed by atoms with Gasteiger partial charge in [0.2, 0.25) is 0 Å². The number of nitrogens with one attached hydrogen (secondary N) is 1. The third-order valence-electron chi connectivity index (χ3n) is 3.69. The highest BCUT2D eigenvalue weighted by Gasteiger charge is 2.32. The molecule has 13 heavy (non-hydrogen) atoms. The van der Waals surface area contributed by atoms with Gasteiger partial charge in [-0.2, -0.15) is 0 Å². The molecule has 2 fully saturated rings. The number of hydrogen-bond donors (Lipinski definition) is 1. The lowest BCUT2D eigenvalue weighted by molar-refractivity contribution is 0.196. The van der Waals surface area contributed by atoms with E-state index >= 15 is 0 Å². The summed E-state index contributed by atoms with van der Waals surface area (Å²) in [5.74, 6) is 0.933. The van der Waals surface area contributed by atoms with Crippen LogP contribution in [-0.2, 0) is 0 Å². The Morgan fingerprint density at radius 2 is 1.92 bits per heavy atom. The van der Waals surface area contributed by atoms with Crippen molar-refractivity contribution >= 4 is 0 Å². The van der Waals surface area contributed by atoms with Crippen LogP contribution >= 0.6 is 0 Å². The number of nitrogens with zero attached hydrogens (tertiary/aromatic N) is 1. The summed E-state index contributed by atoms with van der Waals surface area (Å²) in [6.45, 7) is 3.96. The molecule has 1 saturated heterocycles. The molecule has 2 atom stereocenters. The molecular weight excluding hydrogens is 160 g/mol. The van der Waals surface area contributed by atoms with E-state index in [0.29, 0.717) is 0 Å². The lowest BCUT2D eigenvalue weighted by Gasteiger charge is -2.29. The molecule has 1 saturated carbocycles. The van der Waals surface area contributed by atoms with Gasteiger partial charge in [-0.05, 0) is 58.3 Å². The zero-order valence-electron chi connectivity index (χ0n) is 8.76. The molecule has 1 aliphatic carbocycles. The van der Waals surface area contributed by atoms with Crippen LogP contribution in [0.2, 0.25) is 0 Å². The monoisotopic (exact) mass is 182 g/mol. The second kappa shape index (κ2) is 4.43. The Morgan fingerprint density at radius 1 is 1.15 bits per heavy atom. The first-order chi connectivity index (χ1) is 6.42. The van der Waals surface area contributed by atoms with Gasteiger partial charge in [-0.3, -0.25) is 0 Å². The third-order valence-corrected chi connectivity index (χ3v) is 3.69. The largest absolute Gasteiger partial charge is 0.319 e. The van der Waals surface area contributed by atoms with Crippen molar-refractivity contribution in [3.05, 3.63) is 0 Å². The molecule has 0 spiro atoms. The standard InChI is InChI=1S/C11H22N2/c1-12-9-10-5-4-6-11(10)13-7-2-3-8-13/h10-12H,2-9H2,1H3. The van der Waals surface area contributed by atoms with Crippen LogP contribution in [0.15, 0.2) is 0 Å². The Labute approximate surface area is 81.7 Å². The maximum Gasteiger partial charge on any atom is 0.0136 e.